The van der Waals surface area contributed by atoms with E-state index in [0.29, 0.717) is 12.5 Å². The molecule has 0 aromatic carbocycles. The molecule has 0 amide bonds. The van der Waals surface area contributed by atoms with Crippen LogP contribution in [0.4, 0.5) is 0 Å². The van der Waals surface area contributed by atoms with Crippen LogP contribution >= 0.6 is 0 Å². The summed E-state index contributed by atoms with van der Waals surface area (Å²) in [6, 6.07) is 6.69. The van der Waals surface area contributed by atoms with Crippen LogP contribution in [0.15, 0.2) is 42.9 Å². The van der Waals surface area contributed by atoms with E-state index in [9.17, 15) is 4.79 Å². The number of carboxylic acid groups (broad SMARTS) is 1. The third-order valence-corrected chi connectivity index (χ3v) is 2.09. The predicted octanol–water partition coefficient (Wildman–Crippen LogP) is 1.75. The number of nitrogens with zero attached hydrogens (tertiary/aromatic N) is 2. The first-order valence-corrected chi connectivity index (χ1v) is 4.97. The lowest BCUT2D eigenvalue weighted by molar-refractivity contribution is 0.0696. The summed E-state index contributed by atoms with van der Waals surface area (Å²) in [5.74, 6) is -0.616. The Labute approximate surface area is 97.7 Å². The largest absolute Gasteiger partial charge is 0.478 e. The van der Waals surface area contributed by atoms with Crippen LogP contribution in [-0.2, 0) is 6.61 Å². The Kier molecular flexibility index (Phi) is 3.30. The van der Waals surface area contributed by atoms with Crippen molar-refractivity contribution in [2.24, 2.45) is 0 Å². The standard InChI is InChI=1S/C12H10N2O3/c15-12(16)10-3-4-11(14-7-10)17-8-9-2-1-5-13-6-9/h1-7H,8H2,(H,15,16). The van der Waals surface area contributed by atoms with Gasteiger partial charge in [-0.05, 0) is 12.1 Å². The molecular weight excluding hydrogens is 220 g/mol. The van der Waals surface area contributed by atoms with Crippen molar-refractivity contribution in [3.8, 4) is 5.88 Å². The average Bonchev–Trinajstić information content (AvgIpc) is 2.38. The van der Waals surface area contributed by atoms with E-state index in [0.717, 1.165) is 5.56 Å². The fraction of sp³-hybridized carbons (Fsp3) is 0.0833. The first kappa shape index (κ1) is 11.1. The molecule has 0 radical (unpaired) electrons. The molecule has 86 valence electrons. The van der Waals surface area contributed by atoms with Crippen molar-refractivity contribution in [3.05, 3.63) is 54.0 Å². The van der Waals surface area contributed by atoms with Crippen molar-refractivity contribution in [2.45, 2.75) is 6.61 Å². The number of pyridine rings is 2. The quantitative estimate of drug-likeness (QED) is 0.866. The van der Waals surface area contributed by atoms with Gasteiger partial charge in [-0.25, -0.2) is 9.78 Å². The van der Waals surface area contributed by atoms with Gasteiger partial charge in [0.15, 0.2) is 0 Å². The highest BCUT2D eigenvalue weighted by Crippen LogP contribution is 2.09. The fourth-order valence-electron chi connectivity index (χ4n) is 1.23. The van der Waals surface area contributed by atoms with Gasteiger partial charge >= 0.3 is 5.97 Å². The summed E-state index contributed by atoms with van der Waals surface area (Å²) in [6.07, 6.45) is 4.65. The number of hydrogen-bond acceptors (Lipinski definition) is 4. The molecule has 0 saturated carbocycles. The summed E-state index contributed by atoms with van der Waals surface area (Å²) in [5.41, 5.74) is 1.07. The van der Waals surface area contributed by atoms with Crippen molar-refractivity contribution in [2.75, 3.05) is 0 Å². The molecule has 0 aliphatic rings. The topological polar surface area (TPSA) is 72.3 Å². The number of rotatable bonds is 4. The van der Waals surface area contributed by atoms with Crippen LogP contribution in [0.3, 0.4) is 0 Å². The van der Waals surface area contributed by atoms with Crippen molar-refractivity contribution in [3.63, 3.8) is 0 Å². The molecular formula is C12H10N2O3. The van der Waals surface area contributed by atoms with E-state index < -0.39 is 5.97 Å². The minimum atomic E-state index is -1.00. The molecule has 0 aliphatic heterocycles. The van der Waals surface area contributed by atoms with E-state index in [1.54, 1.807) is 12.4 Å². The maximum absolute atomic E-state index is 10.6. The first-order chi connectivity index (χ1) is 8.25. The highest BCUT2D eigenvalue weighted by molar-refractivity contribution is 5.87. The average molecular weight is 230 g/mol. The second kappa shape index (κ2) is 5.07. The van der Waals surface area contributed by atoms with E-state index in [1.165, 1.54) is 18.3 Å². The zero-order valence-electron chi connectivity index (χ0n) is 8.91. The lowest BCUT2D eigenvalue weighted by atomic mass is 10.3. The maximum Gasteiger partial charge on any atom is 0.337 e. The number of carboxylic acids is 1. The molecule has 1 N–H and O–H groups in total. The number of aromatic carboxylic acids is 1. The van der Waals surface area contributed by atoms with Crippen molar-refractivity contribution < 1.29 is 14.6 Å². The van der Waals surface area contributed by atoms with Gasteiger partial charge in [0.2, 0.25) is 5.88 Å². The van der Waals surface area contributed by atoms with Crippen LogP contribution in [-0.4, -0.2) is 21.0 Å². The van der Waals surface area contributed by atoms with Crippen molar-refractivity contribution in [1.82, 2.24) is 9.97 Å². The minimum absolute atomic E-state index is 0.138. The highest BCUT2D eigenvalue weighted by atomic mass is 16.5. The molecule has 2 heterocycles. The van der Waals surface area contributed by atoms with Crippen LogP contribution in [0.1, 0.15) is 15.9 Å². The molecule has 0 saturated heterocycles. The number of carbonyl (C=O) groups is 1. The highest BCUT2D eigenvalue weighted by Gasteiger charge is 2.03. The van der Waals surface area contributed by atoms with Gasteiger partial charge in [-0.15, -0.1) is 0 Å². The third-order valence-electron chi connectivity index (χ3n) is 2.09. The Hall–Kier alpha value is -2.43. The molecule has 0 spiro atoms. The summed E-state index contributed by atoms with van der Waals surface area (Å²) in [4.78, 5) is 18.5. The van der Waals surface area contributed by atoms with Gasteiger partial charge in [0, 0.05) is 30.2 Å². The second-order valence-electron chi connectivity index (χ2n) is 3.34. The van der Waals surface area contributed by atoms with Gasteiger partial charge < -0.3 is 9.84 Å². The van der Waals surface area contributed by atoms with Crippen molar-refractivity contribution >= 4 is 5.97 Å². The van der Waals surface area contributed by atoms with Crippen LogP contribution in [0.25, 0.3) is 0 Å². The Bertz CT molecular complexity index is 497. The Morgan fingerprint density at radius 3 is 2.76 bits per heavy atom. The summed E-state index contributed by atoms with van der Waals surface area (Å²) in [7, 11) is 0. The minimum Gasteiger partial charge on any atom is -0.478 e. The number of hydrogen-bond donors (Lipinski definition) is 1. The van der Waals surface area contributed by atoms with E-state index in [4.69, 9.17) is 9.84 Å². The van der Waals surface area contributed by atoms with Gasteiger partial charge in [-0.2, -0.15) is 0 Å². The molecule has 2 aromatic rings. The predicted molar refractivity (Wildman–Crippen MR) is 59.8 cm³/mol. The zero-order valence-corrected chi connectivity index (χ0v) is 8.91. The van der Waals surface area contributed by atoms with Crippen molar-refractivity contribution in [1.29, 1.82) is 0 Å². The summed E-state index contributed by atoms with van der Waals surface area (Å²) >= 11 is 0. The SMILES string of the molecule is O=C(O)c1ccc(OCc2cccnc2)nc1. The van der Waals surface area contributed by atoms with Gasteiger partial charge in [-0.3, -0.25) is 4.98 Å². The van der Waals surface area contributed by atoms with Gasteiger partial charge in [0.25, 0.3) is 0 Å². The smallest absolute Gasteiger partial charge is 0.337 e. The van der Waals surface area contributed by atoms with Crippen LogP contribution in [0.5, 0.6) is 5.88 Å². The lowest BCUT2D eigenvalue weighted by Gasteiger charge is -2.04. The first-order valence-electron chi connectivity index (χ1n) is 4.97. The molecule has 2 rings (SSSR count). The van der Waals surface area contributed by atoms with Gasteiger partial charge in [-0.1, -0.05) is 6.07 Å². The molecule has 17 heavy (non-hydrogen) atoms. The Morgan fingerprint density at radius 2 is 2.18 bits per heavy atom. The molecule has 0 bridgehead atoms. The second-order valence-corrected chi connectivity index (χ2v) is 3.34. The number of aromatic nitrogens is 2. The zero-order chi connectivity index (χ0) is 12.1. The molecule has 2 aromatic heterocycles. The Morgan fingerprint density at radius 1 is 1.29 bits per heavy atom. The Balaban J connectivity index is 1.98. The van der Waals surface area contributed by atoms with Crippen LogP contribution < -0.4 is 4.74 Å². The van der Waals surface area contributed by atoms with Crippen LogP contribution in [0.2, 0.25) is 0 Å². The van der Waals surface area contributed by atoms with E-state index in [-0.39, 0.29) is 5.56 Å². The maximum atomic E-state index is 10.6. The fourth-order valence-corrected chi connectivity index (χ4v) is 1.23. The lowest BCUT2D eigenvalue weighted by Crippen LogP contribution is -2.00. The molecule has 5 nitrogen and oxygen atoms in total. The van der Waals surface area contributed by atoms with Gasteiger partial charge in [0.1, 0.15) is 6.61 Å². The van der Waals surface area contributed by atoms with E-state index in [2.05, 4.69) is 9.97 Å². The molecule has 0 aliphatic carbocycles. The summed E-state index contributed by atoms with van der Waals surface area (Å²) in [6.45, 7) is 0.354. The van der Waals surface area contributed by atoms with Crippen LogP contribution in [0, 0.1) is 0 Å². The molecule has 5 heteroatoms. The normalized spacial score (nSPS) is 9.88. The molecule has 0 unspecified atom stereocenters. The summed E-state index contributed by atoms with van der Waals surface area (Å²) in [5, 5.41) is 8.69. The van der Waals surface area contributed by atoms with Gasteiger partial charge in [0.05, 0.1) is 5.56 Å². The third kappa shape index (κ3) is 3.01. The molecule has 0 fully saturated rings. The van der Waals surface area contributed by atoms with E-state index in [1.807, 2.05) is 12.1 Å². The number of ether oxygens (including phenoxy) is 1. The monoisotopic (exact) mass is 230 g/mol. The summed E-state index contributed by atoms with van der Waals surface area (Å²) < 4.78 is 5.38. The molecule has 0 atom stereocenters. The van der Waals surface area contributed by atoms with E-state index >= 15 is 0 Å².